The van der Waals surface area contributed by atoms with Crippen LogP contribution in [-0.4, -0.2) is 41.1 Å². The number of nitrogens with zero attached hydrogens (tertiary/aromatic N) is 1. The van der Waals surface area contributed by atoms with Crippen molar-refractivity contribution < 1.29 is 9.90 Å². The maximum absolute atomic E-state index is 11.3. The maximum Gasteiger partial charge on any atom is 0.250 e. The Morgan fingerprint density at radius 3 is 2.93 bits per heavy atom. The number of carbonyl (C=O) groups excluding carboxylic acids is 1. The standard InChI is InChI=1S/C9H19N3O2/c1-6-3-4-12(8(6)5-13)7(2)9(14)11-10/h6-8,13H,3-5,10H2,1-2H3,(H,11,14). The Hall–Kier alpha value is -0.650. The number of likely N-dealkylation sites (tertiary alicyclic amines) is 1. The zero-order valence-corrected chi connectivity index (χ0v) is 8.73. The predicted molar refractivity (Wildman–Crippen MR) is 53.2 cm³/mol. The number of hydrazine groups is 1. The van der Waals surface area contributed by atoms with Gasteiger partial charge < -0.3 is 5.11 Å². The van der Waals surface area contributed by atoms with E-state index in [0.717, 1.165) is 13.0 Å². The number of rotatable bonds is 3. The predicted octanol–water partition coefficient (Wildman–Crippen LogP) is -0.932. The number of hydrogen-bond acceptors (Lipinski definition) is 4. The minimum atomic E-state index is -0.262. The second-order valence-corrected chi connectivity index (χ2v) is 3.94. The second kappa shape index (κ2) is 4.72. The van der Waals surface area contributed by atoms with E-state index in [0.29, 0.717) is 5.92 Å². The molecule has 0 radical (unpaired) electrons. The lowest BCUT2D eigenvalue weighted by Crippen LogP contribution is -2.50. The lowest BCUT2D eigenvalue weighted by atomic mass is 10.0. The highest BCUT2D eigenvalue weighted by Crippen LogP contribution is 2.25. The summed E-state index contributed by atoms with van der Waals surface area (Å²) < 4.78 is 0. The molecule has 1 heterocycles. The van der Waals surface area contributed by atoms with Gasteiger partial charge in [0.25, 0.3) is 5.91 Å². The summed E-state index contributed by atoms with van der Waals surface area (Å²) in [5.41, 5.74) is 2.14. The van der Waals surface area contributed by atoms with E-state index in [1.807, 2.05) is 11.8 Å². The van der Waals surface area contributed by atoms with Gasteiger partial charge in [0, 0.05) is 6.04 Å². The number of hydrogen-bond donors (Lipinski definition) is 3. The van der Waals surface area contributed by atoms with Crippen molar-refractivity contribution in [2.24, 2.45) is 11.8 Å². The van der Waals surface area contributed by atoms with Crippen LogP contribution in [0.15, 0.2) is 0 Å². The molecule has 0 aromatic rings. The lowest BCUT2D eigenvalue weighted by molar-refractivity contribution is -0.126. The molecule has 1 aliphatic rings. The van der Waals surface area contributed by atoms with E-state index < -0.39 is 0 Å². The Kier molecular flexibility index (Phi) is 3.86. The molecule has 0 spiro atoms. The van der Waals surface area contributed by atoms with Crippen LogP contribution in [0.25, 0.3) is 0 Å². The number of nitrogens with two attached hydrogens (primary N) is 1. The summed E-state index contributed by atoms with van der Waals surface area (Å²) in [6.07, 6.45) is 1.02. The van der Waals surface area contributed by atoms with Gasteiger partial charge in [-0.15, -0.1) is 0 Å². The number of nitrogens with one attached hydrogen (secondary N) is 1. The van der Waals surface area contributed by atoms with Gasteiger partial charge in [-0.25, -0.2) is 5.84 Å². The van der Waals surface area contributed by atoms with Crippen LogP contribution >= 0.6 is 0 Å². The van der Waals surface area contributed by atoms with Crippen LogP contribution < -0.4 is 11.3 Å². The van der Waals surface area contributed by atoms with Crippen LogP contribution in [0.1, 0.15) is 20.3 Å². The molecule has 1 rings (SSSR count). The van der Waals surface area contributed by atoms with Gasteiger partial charge in [0.1, 0.15) is 0 Å². The molecule has 1 saturated heterocycles. The van der Waals surface area contributed by atoms with Crippen molar-refractivity contribution in [1.29, 1.82) is 0 Å². The Balaban J connectivity index is 2.63. The molecule has 0 aliphatic carbocycles. The van der Waals surface area contributed by atoms with Crippen molar-refractivity contribution in [3.8, 4) is 0 Å². The fourth-order valence-electron chi connectivity index (χ4n) is 2.07. The summed E-state index contributed by atoms with van der Waals surface area (Å²) in [6, 6.07) is -0.176. The molecule has 0 saturated carbocycles. The van der Waals surface area contributed by atoms with Gasteiger partial charge in [-0.05, 0) is 25.8 Å². The average molecular weight is 201 g/mol. The largest absolute Gasteiger partial charge is 0.395 e. The summed E-state index contributed by atoms with van der Waals surface area (Å²) in [6.45, 7) is 4.85. The summed E-state index contributed by atoms with van der Waals surface area (Å²) >= 11 is 0. The molecule has 1 fully saturated rings. The monoisotopic (exact) mass is 201 g/mol. The number of amides is 1. The normalized spacial score (nSPS) is 30.3. The average Bonchev–Trinajstić information content (AvgIpc) is 2.57. The Morgan fingerprint density at radius 1 is 1.79 bits per heavy atom. The first-order valence-corrected chi connectivity index (χ1v) is 4.98. The zero-order chi connectivity index (χ0) is 10.7. The van der Waals surface area contributed by atoms with Gasteiger partial charge in [0.15, 0.2) is 0 Å². The molecule has 5 nitrogen and oxygen atoms in total. The molecule has 5 heteroatoms. The second-order valence-electron chi connectivity index (χ2n) is 3.94. The van der Waals surface area contributed by atoms with Crippen LogP contribution in [0.5, 0.6) is 0 Å². The summed E-state index contributed by atoms with van der Waals surface area (Å²) in [5.74, 6) is 5.31. The smallest absolute Gasteiger partial charge is 0.250 e. The third-order valence-electron chi connectivity index (χ3n) is 3.13. The van der Waals surface area contributed by atoms with E-state index >= 15 is 0 Å². The summed E-state index contributed by atoms with van der Waals surface area (Å²) in [7, 11) is 0. The van der Waals surface area contributed by atoms with Gasteiger partial charge in [-0.1, -0.05) is 6.92 Å². The first-order valence-electron chi connectivity index (χ1n) is 4.98. The number of aliphatic hydroxyl groups excluding tert-OH is 1. The molecular formula is C9H19N3O2. The molecule has 82 valence electrons. The molecule has 3 unspecified atom stereocenters. The molecular weight excluding hydrogens is 182 g/mol. The van der Waals surface area contributed by atoms with Crippen molar-refractivity contribution in [2.75, 3.05) is 13.2 Å². The van der Waals surface area contributed by atoms with E-state index in [4.69, 9.17) is 5.84 Å². The molecule has 0 bridgehead atoms. The molecule has 14 heavy (non-hydrogen) atoms. The fourth-order valence-corrected chi connectivity index (χ4v) is 2.07. The highest BCUT2D eigenvalue weighted by Gasteiger charge is 2.35. The van der Waals surface area contributed by atoms with Gasteiger partial charge in [0.05, 0.1) is 12.6 Å². The molecule has 0 aromatic heterocycles. The van der Waals surface area contributed by atoms with E-state index in [1.54, 1.807) is 0 Å². The van der Waals surface area contributed by atoms with Crippen molar-refractivity contribution in [3.05, 3.63) is 0 Å². The molecule has 0 aromatic carbocycles. The summed E-state index contributed by atoms with van der Waals surface area (Å²) in [5, 5.41) is 9.21. The van der Waals surface area contributed by atoms with E-state index in [1.165, 1.54) is 0 Å². The van der Waals surface area contributed by atoms with Crippen LogP contribution in [0.4, 0.5) is 0 Å². The molecule has 1 amide bonds. The van der Waals surface area contributed by atoms with Crippen LogP contribution in [-0.2, 0) is 4.79 Å². The SMILES string of the molecule is CC1CCN(C(C)C(=O)NN)C1CO. The van der Waals surface area contributed by atoms with Crippen molar-refractivity contribution in [1.82, 2.24) is 10.3 Å². The van der Waals surface area contributed by atoms with Crippen molar-refractivity contribution in [3.63, 3.8) is 0 Å². The minimum Gasteiger partial charge on any atom is -0.395 e. The number of aliphatic hydroxyl groups is 1. The lowest BCUT2D eigenvalue weighted by Gasteiger charge is -2.29. The Bertz CT molecular complexity index is 210. The fraction of sp³-hybridized carbons (Fsp3) is 0.889. The molecule has 3 atom stereocenters. The zero-order valence-electron chi connectivity index (χ0n) is 8.73. The van der Waals surface area contributed by atoms with Gasteiger partial charge in [-0.2, -0.15) is 0 Å². The van der Waals surface area contributed by atoms with Gasteiger partial charge in [0.2, 0.25) is 0 Å². The Morgan fingerprint density at radius 2 is 2.43 bits per heavy atom. The third kappa shape index (κ3) is 2.05. The van der Waals surface area contributed by atoms with E-state index in [9.17, 15) is 9.90 Å². The number of carbonyl (C=O) groups is 1. The topological polar surface area (TPSA) is 78.6 Å². The third-order valence-corrected chi connectivity index (χ3v) is 3.13. The van der Waals surface area contributed by atoms with E-state index in [2.05, 4.69) is 12.3 Å². The highest BCUT2D eigenvalue weighted by molar-refractivity contribution is 5.80. The van der Waals surface area contributed by atoms with Crippen molar-refractivity contribution >= 4 is 5.91 Å². The van der Waals surface area contributed by atoms with Gasteiger partial charge >= 0.3 is 0 Å². The van der Waals surface area contributed by atoms with Gasteiger partial charge in [-0.3, -0.25) is 15.1 Å². The highest BCUT2D eigenvalue weighted by atomic mass is 16.3. The molecule has 4 N–H and O–H groups in total. The first kappa shape index (κ1) is 11.4. The summed E-state index contributed by atoms with van der Waals surface area (Å²) in [4.78, 5) is 13.3. The Labute approximate surface area is 84.2 Å². The minimum absolute atomic E-state index is 0.0855. The first-order chi connectivity index (χ1) is 6.61. The van der Waals surface area contributed by atoms with Crippen LogP contribution in [0, 0.1) is 5.92 Å². The van der Waals surface area contributed by atoms with Crippen LogP contribution in [0.3, 0.4) is 0 Å². The van der Waals surface area contributed by atoms with Crippen LogP contribution in [0.2, 0.25) is 0 Å². The quantitative estimate of drug-likeness (QED) is 0.313. The van der Waals surface area contributed by atoms with E-state index in [-0.39, 0.29) is 24.6 Å². The maximum atomic E-state index is 11.3. The van der Waals surface area contributed by atoms with Crippen molar-refractivity contribution in [2.45, 2.75) is 32.4 Å². The molecule has 1 aliphatic heterocycles.